The number of imide groups is 2. The van der Waals surface area contributed by atoms with Crippen molar-refractivity contribution in [2.24, 2.45) is 0 Å². The second kappa shape index (κ2) is 4.88. The first-order valence-electron chi connectivity index (χ1n) is 4.99. The summed E-state index contributed by atoms with van der Waals surface area (Å²) in [5, 5.41) is 0. The standard InChI is InChI=1S/C8H8N2O6S2/c11-5-1-2-6(12)9(5)17(15)18(16)10-7(13)3-4-8(10)14/h1-4H2. The first kappa shape index (κ1) is 13.3. The maximum atomic E-state index is 11.8. The monoisotopic (exact) mass is 292 g/mol. The summed E-state index contributed by atoms with van der Waals surface area (Å²) in [5.41, 5.74) is 0. The number of rotatable bonds is 3. The molecule has 8 nitrogen and oxygen atoms in total. The van der Waals surface area contributed by atoms with Crippen molar-refractivity contribution in [1.82, 2.24) is 8.61 Å². The summed E-state index contributed by atoms with van der Waals surface area (Å²) in [6.45, 7) is 0. The van der Waals surface area contributed by atoms with Crippen LogP contribution in [0.5, 0.6) is 0 Å². The van der Waals surface area contributed by atoms with Gasteiger partial charge in [0.2, 0.25) is 0 Å². The molecule has 2 aliphatic heterocycles. The minimum absolute atomic E-state index is 0.107. The van der Waals surface area contributed by atoms with Gasteiger partial charge in [0.05, 0.1) is 0 Å². The van der Waals surface area contributed by atoms with Crippen molar-refractivity contribution in [3.63, 3.8) is 0 Å². The number of carbonyl (C=O) groups is 4. The predicted octanol–water partition coefficient (Wildman–Crippen LogP) is -1.47. The molecule has 2 aliphatic rings. The molecule has 0 aliphatic carbocycles. The Labute approximate surface area is 107 Å². The van der Waals surface area contributed by atoms with Crippen molar-refractivity contribution in [1.29, 1.82) is 0 Å². The predicted molar refractivity (Wildman–Crippen MR) is 58.5 cm³/mol. The molecule has 0 aromatic carbocycles. The third kappa shape index (κ3) is 2.11. The number of hydrogen-bond donors (Lipinski definition) is 0. The van der Waals surface area contributed by atoms with Crippen LogP contribution in [-0.2, 0) is 40.0 Å². The molecule has 0 aromatic rings. The van der Waals surface area contributed by atoms with Crippen LogP contribution in [0.2, 0.25) is 0 Å². The largest absolute Gasteiger partial charge is 0.543 e. The van der Waals surface area contributed by atoms with E-state index in [1.807, 2.05) is 0 Å². The van der Waals surface area contributed by atoms with Gasteiger partial charge in [-0.2, -0.15) is 0 Å². The SMILES string of the molecule is O=C1CCC(=O)N1[S+]([O-])[S+]([O-])N1C(=O)CCC1=O. The molecule has 2 heterocycles. The highest BCUT2D eigenvalue weighted by atomic mass is 33.2. The summed E-state index contributed by atoms with van der Waals surface area (Å²) in [6, 6.07) is 0. The number of amides is 4. The zero-order chi connectivity index (χ0) is 13.4. The molecule has 0 bridgehead atoms. The Bertz CT molecular complexity index is 369. The van der Waals surface area contributed by atoms with Crippen LogP contribution in [0, 0.1) is 0 Å². The van der Waals surface area contributed by atoms with Gasteiger partial charge in [-0.15, -0.1) is 0 Å². The first-order chi connectivity index (χ1) is 8.43. The normalized spacial score (nSPS) is 24.1. The van der Waals surface area contributed by atoms with Gasteiger partial charge in [0.1, 0.15) is 0 Å². The minimum atomic E-state index is -2.54. The molecule has 2 fully saturated rings. The summed E-state index contributed by atoms with van der Waals surface area (Å²) in [7, 11) is -5.08. The Morgan fingerprint density at radius 1 is 0.667 bits per heavy atom. The van der Waals surface area contributed by atoms with Gasteiger partial charge in [-0.3, -0.25) is 19.2 Å². The van der Waals surface area contributed by atoms with Crippen molar-refractivity contribution in [3.05, 3.63) is 0 Å². The van der Waals surface area contributed by atoms with E-state index in [-0.39, 0.29) is 25.7 Å². The molecule has 98 valence electrons. The molecular formula is C8H8N2O6S2. The molecule has 2 saturated heterocycles. The van der Waals surface area contributed by atoms with Gasteiger partial charge in [-0.1, -0.05) is 0 Å². The zero-order valence-electron chi connectivity index (χ0n) is 8.99. The molecule has 18 heavy (non-hydrogen) atoms. The van der Waals surface area contributed by atoms with Crippen LogP contribution >= 0.6 is 0 Å². The highest BCUT2D eigenvalue weighted by Crippen LogP contribution is 2.26. The van der Waals surface area contributed by atoms with Crippen molar-refractivity contribution < 1.29 is 28.3 Å². The Hall–Kier alpha value is -1.10. The number of hydrogen-bond acceptors (Lipinski definition) is 6. The van der Waals surface area contributed by atoms with Gasteiger partial charge < -0.3 is 9.11 Å². The molecule has 0 N–H and O–H groups in total. The van der Waals surface area contributed by atoms with Gasteiger partial charge in [-0.25, -0.2) is 0 Å². The molecule has 2 rings (SSSR count). The number of carbonyl (C=O) groups excluding carboxylic acids is 4. The lowest BCUT2D eigenvalue weighted by Gasteiger charge is -2.19. The van der Waals surface area contributed by atoms with E-state index >= 15 is 0 Å². The second-order valence-electron chi connectivity index (χ2n) is 3.60. The van der Waals surface area contributed by atoms with Crippen LogP contribution in [0.25, 0.3) is 0 Å². The van der Waals surface area contributed by atoms with Gasteiger partial charge in [0.25, 0.3) is 23.6 Å². The highest BCUT2D eigenvalue weighted by molar-refractivity contribution is 8.65. The molecule has 2 atom stereocenters. The van der Waals surface area contributed by atoms with Crippen molar-refractivity contribution in [3.8, 4) is 0 Å². The Kier molecular flexibility index (Phi) is 3.61. The topological polar surface area (TPSA) is 121 Å². The molecule has 0 spiro atoms. The van der Waals surface area contributed by atoms with E-state index in [0.29, 0.717) is 8.61 Å². The summed E-state index contributed by atoms with van der Waals surface area (Å²) >= 11 is 0. The third-order valence-corrected chi connectivity index (χ3v) is 5.71. The fourth-order valence-corrected chi connectivity index (χ4v) is 4.62. The first-order valence-corrected chi connectivity index (χ1v) is 7.72. The summed E-state index contributed by atoms with van der Waals surface area (Å²) in [6.07, 6.45) is -0.430. The molecule has 4 amide bonds. The lowest BCUT2D eigenvalue weighted by Crippen LogP contribution is -2.48. The Morgan fingerprint density at radius 2 is 0.889 bits per heavy atom. The van der Waals surface area contributed by atoms with Crippen LogP contribution in [-0.4, -0.2) is 41.3 Å². The number of nitrogens with zero attached hydrogens (tertiary/aromatic N) is 2. The lowest BCUT2D eigenvalue weighted by molar-refractivity contribution is -0.134. The lowest BCUT2D eigenvalue weighted by atomic mass is 10.4. The molecule has 10 heteroatoms. The van der Waals surface area contributed by atoms with Crippen molar-refractivity contribution in [2.45, 2.75) is 25.7 Å². The zero-order valence-corrected chi connectivity index (χ0v) is 10.6. The van der Waals surface area contributed by atoms with Crippen LogP contribution < -0.4 is 0 Å². The fourth-order valence-electron chi connectivity index (χ4n) is 1.57. The highest BCUT2D eigenvalue weighted by Gasteiger charge is 2.54. The van der Waals surface area contributed by atoms with Crippen LogP contribution in [0.15, 0.2) is 0 Å². The van der Waals surface area contributed by atoms with Gasteiger partial charge in [-0.05, 0) is 8.61 Å². The second-order valence-corrected chi connectivity index (χ2v) is 6.91. The van der Waals surface area contributed by atoms with E-state index in [4.69, 9.17) is 0 Å². The average molecular weight is 292 g/mol. The van der Waals surface area contributed by atoms with Crippen molar-refractivity contribution >= 4 is 44.4 Å². The van der Waals surface area contributed by atoms with Gasteiger partial charge in [0, 0.05) is 25.7 Å². The van der Waals surface area contributed by atoms with E-state index in [1.165, 1.54) is 0 Å². The Morgan fingerprint density at radius 3 is 1.11 bits per heavy atom. The van der Waals surface area contributed by atoms with E-state index in [2.05, 4.69) is 0 Å². The van der Waals surface area contributed by atoms with E-state index in [9.17, 15) is 28.3 Å². The molecule has 0 radical (unpaired) electrons. The van der Waals surface area contributed by atoms with E-state index < -0.39 is 44.4 Å². The fraction of sp³-hybridized carbons (Fsp3) is 0.500. The summed E-state index contributed by atoms with van der Waals surface area (Å²) in [4.78, 5) is 45.2. The maximum absolute atomic E-state index is 11.8. The molecule has 2 unspecified atom stereocenters. The van der Waals surface area contributed by atoms with Gasteiger partial charge >= 0.3 is 20.8 Å². The molecule has 0 aromatic heterocycles. The third-order valence-electron chi connectivity index (χ3n) is 2.43. The Balaban J connectivity index is 2.15. The molecular weight excluding hydrogens is 284 g/mol. The smallest absolute Gasteiger partial charge is 0.341 e. The quantitative estimate of drug-likeness (QED) is 0.355. The van der Waals surface area contributed by atoms with E-state index in [1.54, 1.807) is 0 Å². The molecule has 0 saturated carbocycles. The van der Waals surface area contributed by atoms with E-state index in [0.717, 1.165) is 0 Å². The minimum Gasteiger partial charge on any atom is -0.543 e. The van der Waals surface area contributed by atoms with Crippen molar-refractivity contribution in [2.75, 3.05) is 0 Å². The van der Waals surface area contributed by atoms with Crippen LogP contribution in [0.4, 0.5) is 0 Å². The summed E-state index contributed by atoms with van der Waals surface area (Å²) in [5.74, 6) is -2.87. The van der Waals surface area contributed by atoms with Crippen LogP contribution in [0.3, 0.4) is 0 Å². The average Bonchev–Trinajstić information content (AvgIpc) is 2.81. The van der Waals surface area contributed by atoms with Crippen LogP contribution in [0.1, 0.15) is 25.7 Å². The van der Waals surface area contributed by atoms with Gasteiger partial charge in [0.15, 0.2) is 0 Å². The summed E-state index contributed by atoms with van der Waals surface area (Å²) < 4.78 is 24.3. The maximum Gasteiger partial charge on any atom is 0.341 e.